The number of ether oxygens (including phenoxy) is 1. The molecule has 7 nitrogen and oxygen atoms in total. The lowest BCUT2D eigenvalue weighted by atomic mass is 9.75. The molecule has 3 aliphatic heterocycles. The van der Waals surface area contributed by atoms with Crippen molar-refractivity contribution in [1.29, 1.82) is 0 Å². The Labute approximate surface area is 146 Å². The molecule has 3 fully saturated rings. The number of hydrogen-bond acceptors (Lipinski definition) is 4. The average Bonchev–Trinajstić information content (AvgIpc) is 2.61. The number of benzene rings is 1. The molecule has 1 aromatic carbocycles. The first-order valence-electron chi connectivity index (χ1n) is 8.08. The summed E-state index contributed by atoms with van der Waals surface area (Å²) in [6, 6.07) is 7.25. The van der Waals surface area contributed by atoms with E-state index < -0.39 is 11.5 Å². The molecule has 130 valence electrons. The Bertz CT molecular complexity index is 616. The van der Waals surface area contributed by atoms with Crippen molar-refractivity contribution in [3.8, 4) is 5.75 Å². The van der Waals surface area contributed by atoms with E-state index in [4.69, 9.17) is 17.0 Å². The van der Waals surface area contributed by atoms with E-state index in [1.54, 1.807) is 7.11 Å². The maximum absolute atomic E-state index is 12.4. The minimum Gasteiger partial charge on any atom is -0.497 e. The third kappa shape index (κ3) is 3.45. The summed E-state index contributed by atoms with van der Waals surface area (Å²) in [4.78, 5) is 13.7. The van der Waals surface area contributed by atoms with Crippen molar-refractivity contribution in [1.82, 2.24) is 10.9 Å². The summed E-state index contributed by atoms with van der Waals surface area (Å²) in [7, 11) is 1.60. The van der Waals surface area contributed by atoms with Crippen LogP contribution in [0.3, 0.4) is 0 Å². The maximum Gasteiger partial charge on any atom is 0.276 e. The molecule has 0 unspecified atom stereocenters. The Morgan fingerprint density at radius 2 is 1.96 bits per heavy atom. The predicted molar refractivity (Wildman–Crippen MR) is 93.7 cm³/mol. The molecule has 2 bridgehead atoms. The molecule has 8 heteroatoms. The Morgan fingerprint density at radius 3 is 2.50 bits per heavy atom. The molecular formula is C16H23N4O3S+. The molecule has 0 spiro atoms. The smallest absolute Gasteiger partial charge is 0.276 e. The van der Waals surface area contributed by atoms with Gasteiger partial charge in [0.25, 0.3) is 5.91 Å². The summed E-state index contributed by atoms with van der Waals surface area (Å²) in [6.07, 6.45) is 1.77. The lowest BCUT2D eigenvalue weighted by molar-refractivity contribution is -0.923. The summed E-state index contributed by atoms with van der Waals surface area (Å²) in [5, 5.41) is 14.0. The molecule has 5 N–H and O–H groups in total. The van der Waals surface area contributed by atoms with Gasteiger partial charge in [0.05, 0.1) is 20.2 Å². The summed E-state index contributed by atoms with van der Waals surface area (Å²) in [5.41, 5.74) is 4.66. The van der Waals surface area contributed by atoms with Gasteiger partial charge < -0.3 is 20.1 Å². The maximum atomic E-state index is 12.4. The highest BCUT2D eigenvalue weighted by atomic mass is 32.1. The van der Waals surface area contributed by atoms with E-state index in [9.17, 15) is 9.90 Å². The van der Waals surface area contributed by atoms with Gasteiger partial charge in [-0.15, -0.1) is 0 Å². The van der Waals surface area contributed by atoms with Crippen LogP contribution in [0.25, 0.3) is 0 Å². The SMILES string of the molecule is COc1ccc(NC(=S)NNC(=O)[C@]2(O)C[NH+]3CCC2CC3)cc1. The largest absolute Gasteiger partial charge is 0.497 e. The normalized spacial score (nSPS) is 28.1. The fraction of sp³-hybridized carbons (Fsp3) is 0.500. The molecular weight excluding hydrogens is 328 g/mol. The monoisotopic (exact) mass is 351 g/mol. The molecule has 1 amide bonds. The number of quaternary nitrogens is 1. The standard InChI is InChI=1S/C16H22N4O3S/c1-23-13-4-2-12(3-5-13)17-15(24)19-18-14(21)16(22)10-20-8-6-11(16)7-9-20/h2-5,11,22H,6-10H2,1H3,(H,18,21)(H2,17,19,24)/p+1/t16-/m0/s1. The van der Waals surface area contributed by atoms with Crippen LogP contribution in [0.2, 0.25) is 0 Å². The summed E-state index contributed by atoms with van der Waals surface area (Å²) >= 11 is 5.16. The number of hydrogen-bond donors (Lipinski definition) is 5. The second kappa shape index (κ2) is 6.92. The number of aliphatic hydroxyl groups is 1. The van der Waals surface area contributed by atoms with Crippen LogP contribution in [0.4, 0.5) is 5.69 Å². The number of nitrogens with one attached hydrogen (secondary N) is 4. The van der Waals surface area contributed by atoms with Crippen LogP contribution in [0, 0.1) is 5.92 Å². The molecule has 1 aromatic rings. The quantitative estimate of drug-likeness (QED) is 0.357. The van der Waals surface area contributed by atoms with Crippen molar-refractivity contribution >= 4 is 28.9 Å². The lowest BCUT2D eigenvalue weighted by Crippen LogP contribution is -3.18. The second-order valence-electron chi connectivity index (χ2n) is 6.39. The van der Waals surface area contributed by atoms with Gasteiger partial charge in [0.1, 0.15) is 12.3 Å². The van der Waals surface area contributed by atoms with Crippen LogP contribution in [-0.2, 0) is 4.79 Å². The van der Waals surface area contributed by atoms with Crippen molar-refractivity contribution < 1.29 is 19.5 Å². The fourth-order valence-electron chi connectivity index (χ4n) is 3.53. The van der Waals surface area contributed by atoms with Crippen LogP contribution in [0.15, 0.2) is 24.3 Å². The van der Waals surface area contributed by atoms with E-state index in [1.807, 2.05) is 24.3 Å². The number of piperidine rings is 3. The van der Waals surface area contributed by atoms with Crippen LogP contribution in [0.5, 0.6) is 5.75 Å². The molecule has 1 atom stereocenters. The zero-order valence-electron chi connectivity index (χ0n) is 13.6. The van der Waals surface area contributed by atoms with Crippen molar-refractivity contribution in [2.45, 2.75) is 18.4 Å². The van der Waals surface area contributed by atoms with Crippen molar-refractivity contribution in [3.63, 3.8) is 0 Å². The highest BCUT2D eigenvalue weighted by Gasteiger charge is 2.53. The number of hydrazine groups is 1. The van der Waals surface area contributed by atoms with E-state index in [1.165, 1.54) is 4.90 Å². The average molecular weight is 351 g/mol. The Balaban J connectivity index is 1.51. The van der Waals surface area contributed by atoms with Crippen LogP contribution in [-0.4, -0.2) is 48.5 Å². The molecule has 3 heterocycles. The number of thiocarbonyl (C=S) groups is 1. The predicted octanol–water partition coefficient (Wildman–Crippen LogP) is -0.948. The van der Waals surface area contributed by atoms with E-state index in [-0.39, 0.29) is 11.0 Å². The summed E-state index contributed by atoms with van der Waals surface area (Å²) in [6.45, 7) is 2.53. The first-order chi connectivity index (χ1) is 11.5. The molecule has 0 saturated carbocycles. The Morgan fingerprint density at radius 1 is 1.29 bits per heavy atom. The van der Waals surface area contributed by atoms with E-state index in [2.05, 4.69) is 16.2 Å². The first-order valence-corrected chi connectivity index (χ1v) is 8.49. The highest BCUT2D eigenvalue weighted by Crippen LogP contribution is 2.28. The topological polar surface area (TPSA) is 87.1 Å². The molecule has 0 aromatic heterocycles. The molecule has 0 radical (unpaired) electrons. The van der Waals surface area contributed by atoms with Gasteiger partial charge >= 0.3 is 0 Å². The minimum absolute atomic E-state index is 0.0277. The zero-order chi connectivity index (χ0) is 17.2. The zero-order valence-corrected chi connectivity index (χ0v) is 14.4. The van der Waals surface area contributed by atoms with E-state index in [0.29, 0.717) is 6.54 Å². The number of methoxy groups -OCH3 is 1. The van der Waals surface area contributed by atoms with Crippen LogP contribution >= 0.6 is 12.2 Å². The third-order valence-corrected chi connectivity index (χ3v) is 5.12. The number of carbonyl (C=O) groups is 1. The molecule has 3 aliphatic rings. The van der Waals surface area contributed by atoms with E-state index >= 15 is 0 Å². The van der Waals surface area contributed by atoms with Gasteiger partial charge in [0, 0.05) is 24.4 Å². The first kappa shape index (κ1) is 16.9. The number of anilines is 1. The number of amides is 1. The van der Waals surface area contributed by atoms with Crippen molar-refractivity contribution in [3.05, 3.63) is 24.3 Å². The van der Waals surface area contributed by atoms with Gasteiger partial charge in [-0.1, -0.05) is 0 Å². The van der Waals surface area contributed by atoms with Gasteiger partial charge in [0.2, 0.25) is 0 Å². The molecule has 4 rings (SSSR count). The summed E-state index contributed by atoms with van der Waals surface area (Å²) in [5.74, 6) is 0.364. The highest BCUT2D eigenvalue weighted by molar-refractivity contribution is 7.80. The Hall–Kier alpha value is -1.90. The minimum atomic E-state index is -1.31. The third-order valence-electron chi connectivity index (χ3n) is 4.92. The second-order valence-corrected chi connectivity index (χ2v) is 6.80. The molecule has 3 saturated heterocycles. The van der Waals surface area contributed by atoms with Gasteiger partial charge in [-0.05, 0) is 36.5 Å². The van der Waals surface area contributed by atoms with Gasteiger partial charge in [-0.25, -0.2) is 0 Å². The van der Waals surface area contributed by atoms with Gasteiger partial charge in [-0.2, -0.15) is 0 Å². The number of fused-ring (bicyclic) bond motifs is 3. The van der Waals surface area contributed by atoms with Gasteiger partial charge in [0.15, 0.2) is 10.7 Å². The van der Waals surface area contributed by atoms with E-state index in [0.717, 1.165) is 37.4 Å². The van der Waals surface area contributed by atoms with Crippen LogP contribution in [0.1, 0.15) is 12.8 Å². The fourth-order valence-corrected chi connectivity index (χ4v) is 3.70. The number of rotatable bonds is 3. The van der Waals surface area contributed by atoms with Gasteiger partial charge in [-0.3, -0.25) is 15.6 Å². The Kier molecular flexibility index (Phi) is 4.88. The summed E-state index contributed by atoms with van der Waals surface area (Å²) < 4.78 is 5.09. The van der Waals surface area contributed by atoms with Crippen LogP contribution < -0.4 is 25.8 Å². The molecule has 24 heavy (non-hydrogen) atoms. The lowest BCUT2D eigenvalue weighted by Gasteiger charge is -2.46. The number of carbonyl (C=O) groups excluding carboxylic acids is 1. The molecule has 0 aliphatic carbocycles. The van der Waals surface area contributed by atoms with Crippen molar-refractivity contribution in [2.24, 2.45) is 5.92 Å². The van der Waals surface area contributed by atoms with Crippen molar-refractivity contribution in [2.75, 3.05) is 32.1 Å².